The van der Waals surface area contributed by atoms with Crippen LogP contribution in [0.2, 0.25) is 0 Å². The molecule has 1 aliphatic rings. The number of hydrogen-bond acceptors (Lipinski definition) is 2. The molecule has 0 aliphatic heterocycles. The molecule has 1 aliphatic carbocycles. The Hall–Kier alpha value is -1.32. The number of hydrogen-bond donors (Lipinski definition) is 2. The molecule has 0 radical (unpaired) electrons. The Bertz CT molecular complexity index is 329. The summed E-state index contributed by atoms with van der Waals surface area (Å²) >= 11 is 0. The number of carboxylic acid groups (broad SMARTS) is 1. The average molecular weight is 225 g/mol. The Morgan fingerprint density at radius 2 is 2.00 bits per heavy atom. The molecule has 0 aromatic rings. The van der Waals surface area contributed by atoms with Gasteiger partial charge in [-0.2, -0.15) is 0 Å². The predicted octanol–water partition coefficient (Wildman–Crippen LogP) is 1.92. The molecule has 16 heavy (non-hydrogen) atoms. The van der Waals surface area contributed by atoms with Crippen LogP contribution in [0.3, 0.4) is 0 Å². The highest BCUT2D eigenvalue weighted by Gasteiger charge is 2.55. The Kier molecular flexibility index (Phi) is 3.73. The second-order valence-corrected chi connectivity index (χ2v) is 4.32. The molecule has 4 nitrogen and oxygen atoms in total. The monoisotopic (exact) mass is 225 g/mol. The molecule has 0 aromatic heterocycles. The van der Waals surface area contributed by atoms with E-state index in [1.54, 1.807) is 6.92 Å². The minimum Gasteiger partial charge on any atom is -0.477 e. The van der Waals surface area contributed by atoms with Crippen LogP contribution >= 0.6 is 0 Å². The van der Waals surface area contributed by atoms with Gasteiger partial charge in [-0.05, 0) is 31.6 Å². The first-order chi connectivity index (χ1) is 7.50. The quantitative estimate of drug-likeness (QED) is 0.702. The molecule has 1 fully saturated rings. The van der Waals surface area contributed by atoms with Gasteiger partial charge >= 0.3 is 5.97 Å². The van der Waals surface area contributed by atoms with Crippen molar-refractivity contribution in [3.8, 4) is 0 Å². The highest BCUT2D eigenvalue weighted by molar-refractivity contribution is 5.94. The van der Waals surface area contributed by atoms with E-state index in [0.717, 1.165) is 19.3 Å². The SMILES string of the molecule is C/C=C(\NC(=O)C1CC1(CC)CC)C(=O)O. The molecular weight excluding hydrogens is 206 g/mol. The van der Waals surface area contributed by atoms with Crippen LogP contribution in [0.1, 0.15) is 40.0 Å². The summed E-state index contributed by atoms with van der Waals surface area (Å²) in [7, 11) is 0. The topological polar surface area (TPSA) is 66.4 Å². The zero-order chi connectivity index (χ0) is 12.3. The highest BCUT2D eigenvalue weighted by atomic mass is 16.4. The van der Waals surface area contributed by atoms with Gasteiger partial charge in [0, 0.05) is 5.92 Å². The van der Waals surface area contributed by atoms with E-state index in [0.29, 0.717) is 0 Å². The molecule has 90 valence electrons. The molecule has 0 heterocycles. The molecular formula is C12H19NO3. The standard InChI is InChI=1S/C12H19NO3/c1-4-9(11(15)16)13-10(14)8-7-12(8,5-2)6-3/h4,8H,5-7H2,1-3H3,(H,13,14)(H,15,16)/b9-4-. The molecule has 0 saturated heterocycles. The maximum atomic E-state index is 11.8. The fourth-order valence-corrected chi connectivity index (χ4v) is 2.22. The van der Waals surface area contributed by atoms with Gasteiger partial charge in [0.2, 0.25) is 5.91 Å². The minimum absolute atomic E-state index is 0.0169. The minimum atomic E-state index is -1.09. The van der Waals surface area contributed by atoms with Gasteiger partial charge in [0.1, 0.15) is 5.70 Å². The van der Waals surface area contributed by atoms with Crippen LogP contribution in [0.4, 0.5) is 0 Å². The average Bonchev–Trinajstić information content (AvgIpc) is 3.00. The van der Waals surface area contributed by atoms with Crippen LogP contribution in [0, 0.1) is 11.3 Å². The summed E-state index contributed by atoms with van der Waals surface area (Å²) in [6.07, 6.45) is 4.23. The molecule has 4 heteroatoms. The Labute approximate surface area is 95.7 Å². The van der Waals surface area contributed by atoms with Gasteiger partial charge in [0.15, 0.2) is 0 Å². The molecule has 1 atom stereocenters. The molecule has 0 spiro atoms. The summed E-state index contributed by atoms with van der Waals surface area (Å²) < 4.78 is 0. The van der Waals surface area contributed by atoms with E-state index in [2.05, 4.69) is 19.2 Å². The third-order valence-electron chi connectivity index (χ3n) is 3.69. The van der Waals surface area contributed by atoms with Crippen molar-refractivity contribution in [2.24, 2.45) is 11.3 Å². The Balaban J connectivity index is 2.59. The van der Waals surface area contributed by atoms with Crippen LogP contribution in [0.25, 0.3) is 0 Å². The van der Waals surface area contributed by atoms with Gasteiger partial charge in [-0.25, -0.2) is 4.79 Å². The molecule has 1 rings (SSSR count). The van der Waals surface area contributed by atoms with E-state index >= 15 is 0 Å². The van der Waals surface area contributed by atoms with Crippen molar-refractivity contribution >= 4 is 11.9 Å². The first-order valence-corrected chi connectivity index (χ1v) is 5.71. The molecule has 2 N–H and O–H groups in total. The van der Waals surface area contributed by atoms with Crippen molar-refractivity contribution in [3.05, 3.63) is 11.8 Å². The summed E-state index contributed by atoms with van der Waals surface area (Å²) in [4.78, 5) is 22.5. The van der Waals surface area contributed by atoms with E-state index in [1.165, 1.54) is 6.08 Å². The van der Waals surface area contributed by atoms with Gasteiger partial charge in [-0.15, -0.1) is 0 Å². The zero-order valence-corrected chi connectivity index (χ0v) is 10.0. The lowest BCUT2D eigenvalue weighted by Gasteiger charge is -2.12. The highest BCUT2D eigenvalue weighted by Crippen LogP contribution is 2.57. The third kappa shape index (κ3) is 2.26. The van der Waals surface area contributed by atoms with Gasteiger partial charge in [-0.3, -0.25) is 4.79 Å². The lowest BCUT2D eigenvalue weighted by atomic mass is 9.97. The number of nitrogens with one attached hydrogen (secondary N) is 1. The second-order valence-electron chi connectivity index (χ2n) is 4.32. The van der Waals surface area contributed by atoms with Gasteiger partial charge < -0.3 is 10.4 Å². The molecule has 1 unspecified atom stereocenters. The number of carbonyl (C=O) groups is 2. The molecule has 1 amide bonds. The fraction of sp³-hybridized carbons (Fsp3) is 0.667. The first-order valence-electron chi connectivity index (χ1n) is 5.71. The summed E-state index contributed by atoms with van der Waals surface area (Å²) in [5.74, 6) is -1.26. The van der Waals surface area contributed by atoms with Crippen molar-refractivity contribution in [1.82, 2.24) is 5.32 Å². The molecule has 1 saturated carbocycles. The van der Waals surface area contributed by atoms with Crippen LogP contribution in [0.5, 0.6) is 0 Å². The van der Waals surface area contributed by atoms with Crippen molar-refractivity contribution in [2.75, 3.05) is 0 Å². The summed E-state index contributed by atoms with van der Waals surface area (Å²) in [6.45, 7) is 5.75. The normalized spacial score (nSPS) is 22.7. The van der Waals surface area contributed by atoms with Crippen molar-refractivity contribution < 1.29 is 14.7 Å². The zero-order valence-electron chi connectivity index (χ0n) is 10.0. The second kappa shape index (κ2) is 4.68. The summed E-state index contributed by atoms with van der Waals surface area (Å²) in [5, 5.41) is 11.3. The van der Waals surface area contributed by atoms with Crippen LogP contribution in [-0.2, 0) is 9.59 Å². The number of rotatable bonds is 5. The Morgan fingerprint density at radius 1 is 1.44 bits per heavy atom. The van der Waals surface area contributed by atoms with Crippen molar-refractivity contribution in [1.29, 1.82) is 0 Å². The lowest BCUT2D eigenvalue weighted by Crippen LogP contribution is -2.30. The number of allylic oxidation sites excluding steroid dienone is 1. The molecule has 0 bridgehead atoms. The largest absolute Gasteiger partial charge is 0.477 e. The summed E-state index contributed by atoms with van der Waals surface area (Å²) in [6, 6.07) is 0. The van der Waals surface area contributed by atoms with E-state index in [4.69, 9.17) is 5.11 Å². The lowest BCUT2D eigenvalue weighted by molar-refractivity contribution is -0.135. The molecule has 0 aromatic carbocycles. The van der Waals surface area contributed by atoms with E-state index in [1.807, 2.05) is 0 Å². The van der Waals surface area contributed by atoms with Gasteiger partial charge in [-0.1, -0.05) is 19.9 Å². The van der Waals surface area contributed by atoms with Crippen LogP contribution in [-0.4, -0.2) is 17.0 Å². The number of carboxylic acids is 1. The third-order valence-corrected chi connectivity index (χ3v) is 3.69. The van der Waals surface area contributed by atoms with Crippen molar-refractivity contribution in [3.63, 3.8) is 0 Å². The van der Waals surface area contributed by atoms with Gasteiger partial charge in [0.05, 0.1) is 0 Å². The first kappa shape index (κ1) is 12.7. The van der Waals surface area contributed by atoms with Crippen LogP contribution < -0.4 is 5.32 Å². The smallest absolute Gasteiger partial charge is 0.352 e. The van der Waals surface area contributed by atoms with Crippen molar-refractivity contribution in [2.45, 2.75) is 40.0 Å². The Morgan fingerprint density at radius 3 is 2.31 bits per heavy atom. The van der Waals surface area contributed by atoms with Gasteiger partial charge in [0.25, 0.3) is 0 Å². The number of aliphatic carboxylic acids is 1. The van der Waals surface area contributed by atoms with E-state index in [9.17, 15) is 9.59 Å². The van der Waals surface area contributed by atoms with E-state index in [-0.39, 0.29) is 22.9 Å². The van der Waals surface area contributed by atoms with E-state index < -0.39 is 5.97 Å². The van der Waals surface area contributed by atoms with Crippen LogP contribution in [0.15, 0.2) is 11.8 Å². The number of carbonyl (C=O) groups excluding carboxylic acids is 1. The number of amides is 1. The maximum absolute atomic E-state index is 11.8. The summed E-state index contributed by atoms with van der Waals surface area (Å²) in [5.41, 5.74) is 0.0829. The maximum Gasteiger partial charge on any atom is 0.352 e. The fourth-order valence-electron chi connectivity index (χ4n) is 2.22. The predicted molar refractivity (Wildman–Crippen MR) is 60.7 cm³/mol.